The van der Waals surface area contributed by atoms with Crippen LogP contribution in [0.15, 0.2) is 30.4 Å². The lowest BCUT2D eigenvalue weighted by Crippen LogP contribution is -2.40. The zero-order chi connectivity index (χ0) is 19.6. The molecule has 0 spiro atoms. The van der Waals surface area contributed by atoms with Crippen LogP contribution >= 0.6 is 0 Å². The van der Waals surface area contributed by atoms with Crippen molar-refractivity contribution in [2.45, 2.75) is 33.1 Å². The van der Waals surface area contributed by atoms with E-state index in [0.29, 0.717) is 11.8 Å². The number of nitrogens with zero attached hydrogens (tertiary/aromatic N) is 1. The summed E-state index contributed by atoms with van der Waals surface area (Å²) in [5.74, 6) is 0.469. The highest BCUT2D eigenvalue weighted by Gasteiger charge is 2.67. The fourth-order valence-electron chi connectivity index (χ4n) is 5.90. The molecule has 2 saturated carbocycles. The molecular formula is C23H26N2O3. The van der Waals surface area contributed by atoms with Crippen LogP contribution in [0.5, 0.6) is 0 Å². The van der Waals surface area contributed by atoms with E-state index < -0.39 is 0 Å². The molecule has 1 saturated heterocycles. The predicted molar refractivity (Wildman–Crippen MR) is 105 cm³/mol. The number of amides is 3. The molecule has 5 heteroatoms. The highest BCUT2D eigenvalue weighted by atomic mass is 16.2. The SMILES string of the molecule is CCc1cccc(CC)c1NC(=O)CN1C(=O)[C@@H]2[C@H]3C=C[C@@H]([C@@H]4C[C@@H]34)[C@H]2C1=O. The van der Waals surface area contributed by atoms with E-state index in [9.17, 15) is 14.4 Å². The quantitative estimate of drug-likeness (QED) is 0.633. The number of allylic oxidation sites excluding steroid dienone is 2. The second-order valence-electron chi connectivity index (χ2n) is 8.62. The number of hydrogen-bond acceptors (Lipinski definition) is 3. The van der Waals surface area contributed by atoms with Crippen LogP contribution in [0, 0.1) is 35.5 Å². The van der Waals surface area contributed by atoms with Crippen molar-refractivity contribution in [2.75, 3.05) is 11.9 Å². The number of carbonyl (C=O) groups is 3. The van der Waals surface area contributed by atoms with Gasteiger partial charge in [0, 0.05) is 5.69 Å². The summed E-state index contributed by atoms with van der Waals surface area (Å²) in [6.45, 7) is 3.92. The lowest BCUT2D eigenvalue weighted by molar-refractivity contribution is -0.142. The average Bonchev–Trinajstić information content (AvgIpc) is 3.49. The van der Waals surface area contributed by atoms with Crippen LogP contribution in [0.1, 0.15) is 31.4 Å². The van der Waals surface area contributed by atoms with E-state index in [1.807, 2.05) is 18.2 Å². The first-order valence-corrected chi connectivity index (χ1v) is 10.5. The normalized spacial score (nSPS) is 34.4. The summed E-state index contributed by atoms with van der Waals surface area (Å²) in [4.78, 5) is 40.1. The van der Waals surface area contributed by atoms with E-state index in [1.54, 1.807) is 0 Å². The first-order valence-electron chi connectivity index (χ1n) is 10.5. The number of nitrogens with one attached hydrogen (secondary N) is 1. The predicted octanol–water partition coefficient (Wildman–Crippen LogP) is 2.80. The van der Waals surface area contributed by atoms with Crippen molar-refractivity contribution in [3.8, 4) is 0 Å². The van der Waals surface area contributed by atoms with Gasteiger partial charge in [0.25, 0.3) is 0 Å². The number of aryl methyl sites for hydroxylation is 2. The molecule has 5 nitrogen and oxygen atoms in total. The first kappa shape index (κ1) is 17.7. The molecule has 146 valence electrons. The van der Waals surface area contributed by atoms with Crippen molar-refractivity contribution in [1.29, 1.82) is 0 Å². The Morgan fingerprint density at radius 3 is 2.04 bits per heavy atom. The summed E-state index contributed by atoms with van der Waals surface area (Å²) in [7, 11) is 0. The van der Waals surface area contributed by atoms with Crippen molar-refractivity contribution in [3.63, 3.8) is 0 Å². The van der Waals surface area contributed by atoms with Gasteiger partial charge in [-0.2, -0.15) is 0 Å². The number of para-hydroxylation sites is 1. The number of rotatable bonds is 5. The highest BCUT2D eigenvalue weighted by molar-refractivity contribution is 6.09. The molecule has 1 aliphatic heterocycles. The van der Waals surface area contributed by atoms with Crippen LogP contribution in [-0.4, -0.2) is 29.2 Å². The minimum Gasteiger partial charge on any atom is -0.324 e. The standard InChI is InChI=1S/C23H26N2O3/c1-3-12-6-5-7-13(4-2)21(12)24-18(26)11-25-22(27)19-14-8-9-15(17-10-16(14)17)20(19)23(25)28/h5-9,14-17,19-20H,3-4,10-11H2,1-2H3,(H,24,26)/t14-,15-,16-,17-,19+,20+/m0/s1. The van der Waals surface area contributed by atoms with E-state index in [1.165, 1.54) is 4.90 Å². The van der Waals surface area contributed by atoms with Crippen molar-refractivity contribution in [1.82, 2.24) is 4.90 Å². The molecule has 3 amide bonds. The lowest BCUT2D eigenvalue weighted by atomic mass is 9.63. The Morgan fingerprint density at radius 1 is 1.00 bits per heavy atom. The third-order valence-electron chi connectivity index (χ3n) is 7.32. The van der Waals surface area contributed by atoms with Crippen LogP contribution in [-0.2, 0) is 27.2 Å². The molecule has 2 bridgehead atoms. The largest absolute Gasteiger partial charge is 0.324 e. The van der Waals surface area contributed by atoms with Gasteiger partial charge in [-0.3, -0.25) is 19.3 Å². The lowest BCUT2D eigenvalue weighted by Gasteiger charge is -2.37. The molecule has 28 heavy (non-hydrogen) atoms. The Balaban J connectivity index is 1.35. The molecule has 4 aliphatic carbocycles. The van der Waals surface area contributed by atoms with Crippen LogP contribution < -0.4 is 5.32 Å². The number of benzene rings is 1. The third kappa shape index (κ3) is 2.41. The fourth-order valence-corrected chi connectivity index (χ4v) is 5.90. The van der Waals surface area contributed by atoms with Gasteiger partial charge in [0.05, 0.1) is 11.8 Å². The van der Waals surface area contributed by atoms with Gasteiger partial charge in [0.2, 0.25) is 17.7 Å². The van der Waals surface area contributed by atoms with E-state index in [0.717, 1.165) is 36.1 Å². The number of imide groups is 1. The van der Waals surface area contributed by atoms with E-state index in [2.05, 4.69) is 31.3 Å². The first-order chi connectivity index (χ1) is 13.5. The Morgan fingerprint density at radius 2 is 1.54 bits per heavy atom. The third-order valence-corrected chi connectivity index (χ3v) is 7.32. The minimum absolute atomic E-state index is 0.144. The van der Waals surface area contributed by atoms with Crippen LogP contribution in [0.2, 0.25) is 0 Å². The van der Waals surface area contributed by atoms with Crippen molar-refractivity contribution in [3.05, 3.63) is 41.5 Å². The summed E-state index contributed by atoms with van der Waals surface area (Å²) in [6.07, 6.45) is 7.07. The summed E-state index contributed by atoms with van der Waals surface area (Å²) in [5, 5.41) is 2.99. The van der Waals surface area contributed by atoms with Crippen molar-refractivity contribution < 1.29 is 14.4 Å². The van der Waals surface area contributed by atoms with Gasteiger partial charge in [-0.1, -0.05) is 44.2 Å². The van der Waals surface area contributed by atoms with Gasteiger partial charge < -0.3 is 5.32 Å². The molecule has 3 fully saturated rings. The van der Waals surface area contributed by atoms with Crippen LogP contribution in [0.4, 0.5) is 5.69 Å². The molecule has 1 aromatic rings. The van der Waals surface area contributed by atoms with Crippen molar-refractivity contribution in [2.24, 2.45) is 35.5 Å². The molecule has 6 atom stereocenters. The van der Waals surface area contributed by atoms with Gasteiger partial charge >= 0.3 is 0 Å². The van der Waals surface area contributed by atoms with Crippen molar-refractivity contribution >= 4 is 23.4 Å². The average molecular weight is 378 g/mol. The molecule has 5 aliphatic rings. The minimum atomic E-state index is -0.290. The maximum atomic E-state index is 13.0. The number of anilines is 1. The van der Waals surface area contributed by atoms with E-state index >= 15 is 0 Å². The van der Waals surface area contributed by atoms with Gasteiger partial charge in [0.15, 0.2) is 0 Å². The van der Waals surface area contributed by atoms with E-state index in [-0.39, 0.29) is 47.9 Å². The second-order valence-corrected chi connectivity index (χ2v) is 8.62. The van der Waals surface area contributed by atoms with Gasteiger partial charge in [-0.05, 0) is 54.1 Å². The summed E-state index contributed by atoms with van der Waals surface area (Å²) >= 11 is 0. The van der Waals surface area contributed by atoms with Crippen LogP contribution in [0.25, 0.3) is 0 Å². The van der Waals surface area contributed by atoms with Gasteiger partial charge in [0.1, 0.15) is 6.54 Å². The number of carbonyl (C=O) groups excluding carboxylic acids is 3. The molecule has 1 aromatic carbocycles. The number of likely N-dealkylation sites (tertiary alicyclic amines) is 1. The summed E-state index contributed by atoms with van der Waals surface area (Å²) in [5.41, 5.74) is 2.97. The van der Waals surface area contributed by atoms with Gasteiger partial charge in [-0.25, -0.2) is 0 Å². The van der Waals surface area contributed by atoms with Gasteiger partial charge in [-0.15, -0.1) is 0 Å². The molecule has 1 heterocycles. The Kier molecular flexibility index (Phi) is 3.97. The molecular weight excluding hydrogens is 352 g/mol. The van der Waals surface area contributed by atoms with Crippen LogP contribution in [0.3, 0.4) is 0 Å². The van der Waals surface area contributed by atoms with E-state index in [4.69, 9.17) is 0 Å². The monoisotopic (exact) mass is 378 g/mol. The molecule has 0 unspecified atom stereocenters. The fraction of sp³-hybridized carbons (Fsp3) is 0.522. The maximum Gasteiger partial charge on any atom is 0.244 e. The topological polar surface area (TPSA) is 66.5 Å². The zero-order valence-corrected chi connectivity index (χ0v) is 16.4. The second kappa shape index (κ2) is 6.29. The zero-order valence-electron chi connectivity index (χ0n) is 16.4. The Labute approximate surface area is 165 Å². The molecule has 0 aromatic heterocycles. The summed E-state index contributed by atoms with van der Waals surface area (Å²) < 4.78 is 0. The smallest absolute Gasteiger partial charge is 0.244 e. The molecule has 1 N–H and O–H groups in total. The maximum absolute atomic E-state index is 13.0. The molecule has 0 radical (unpaired) electrons. The summed E-state index contributed by atoms with van der Waals surface area (Å²) in [6, 6.07) is 6.01. The molecule has 6 rings (SSSR count). The number of hydrogen-bond donors (Lipinski definition) is 1. The Hall–Kier alpha value is -2.43. The highest BCUT2D eigenvalue weighted by Crippen LogP contribution is 2.65. The Bertz CT molecular complexity index is 847.